The zero-order valence-electron chi connectivity index (χ0n) is 26.3. The van der Waals surface area contributed by atoms with Crippen molar-refractivity contribution in [3.05, 3.63) is 114 Å². The Kier molecular flexibility index (Phi) is 6.95. The van der Waals surface area contributed by atoms with Crippen molar-refractivity contribution in [1.29, 1.82) is 0 Å². The van der Waals surface area contributed by atoms with Crippen LogP contribution in [-0.2, 0) is 10.6 Å². The molecule has 0 N–H and O–H groups in total. The number of aromatic nitrogens is 2. The van der Waals surface area contributed by atoms with E-state index in [0.717, 1.165) is 40.2 Å². The maximum absolute atomic E-state index is 5.45. The van der Waals surface area contributed by atoms with Gasteiger partial charge in [0.15, 0.2) is 0 Å². The minimum atomic E-state index is -1.62. The normalized spacial score (nSPS) is 26.5. The molecule has 4 bridgehead atoms. The summed E-state index contributed by atoms with van der Waals surface area (Å²) in [7, 11) is 4.93. The molecule has 0 spiro atoms. The predicted octanol–water partition coefficient (Wildman–Crippen LogP) is 9.06. The minimum Gasteiger partial charge on any atom is -0.251 e. The Morgan fingerprint density at radius 1 is 0.750 bits per heavy atom. The second kappa shape index (κ2) is 10.6. The third-order valence-corrected chi connectivity index (χ3v) is 15.1. The van der Waals surface area contributed by atoms with Crippen molar-refractivity contribution >= 4 is 53.5 Å². The average molecular weight is 631 g/mol. The van der Waals surface area contributed by atoms with E-state index in [9.17, 15) is 0 Å². The summed E-state index contributed by atoms with van der Waals surface area (Å²) in [4.78, 5) is 10.9. The van der Waals surface area contributed by atoms with Gasteiger partial charge in [0.1, 0.15) is 0 Å². The Balaban J connectivity index is 1.45. The molecule has 4 fully saturated rings. The molecule has 5 heteroatoms. The zero-order chi connectivity index (χ0) is 30.3. The van der Waals surface area contributed by atoms with Crippen molar-refractivity contribution < 1.29 is 0 Å². The van der Waals surface area contributed by atoms with E-state index in [2.05, 4.69) is 129 Å². The number of fused-ring (bicyclic) bond motifs is 2. The maximum atomic E-state index is 5.45. The predicted molar refractivity (Wildman–Crippen MR) is 196 cm³/mol. The Morgan fingerprint density at radius 2 is 1.32 bits per heavy atom. The Hall–Kier alpha value is -2.44. The van der Waals surface area contributed by atoms with E-state index in [0.29, 0.717) is 5.92 Å². The first-order valence-electron chi connectivity index (χ1n) is 16.6. The summed E-state index contributed by atoms with van der Waals surface area (Å²) in [6.45, 7) is 7.44. The van der Waals surface area contributed by atoms with E-state index >= 15 is 0 Å². The van der Waals surface area contributed by atoms with Crippen molar-refractivity contribution in [2.75, 3.05) is 6.16 Å². The molecule has 2 aromatic heterocycles. The molecule has 5 atom stereocenters. The summed E-state index contributed by atoms with van der Waals surface area (Å²) in [6.07, 6.45) is 8.15. The standard InChI is InChI=1S/C39H44N2P2Si/c1-44(2,3)30-14-15-31(38-22-25-18-26(23-38)20-29(19-25)33(38)24-42)32(21-30)39(43,36-16-12-27-8-4-6-10-34(27)40-36)37-17-13-28-9-5-7-11-35(28)41-37/h4-17,21,25-26,29,33H,18-20,22-24,42-43H2,1-3H3. The fourth-order valence-corrected chi connectivity index (χ4v) is 12.3. The number of benzene rings is 3. The molecular weight excluding hydrogens is 586 g/mol. The quantitative estimate of drug-likeness (QED) is 0.138. The molecule has 4 saturated carbocycles. The molecule has 9 rings (SSSR count). The molecular formula is C39H44N2P2Si. The van der Waals surface area contributed by atoms with E-state index in [1.807, 2.05) is 0 Å². The topological polar surface area (TPSA) is 25.8 Å². The molecule has 0 amide bonds. The monoisotopic (exact) mass is 630 g/mol. The fraction of sp³-hybridized carbons (Fsp3) is 0.385. The smallest absolute Gasteiger partial charge is 0.0936 e. The van der Waals surface area contributed by atoms with Crippen LogP contribution in [0.2, 0.25) is 19.6 Å². The van der Waals surface area contributed by atoms with Crippen LogP contribution in [0, 0.1) is 23.7 Å². The average Bonchev–Trinajstić information content (AvgIpc) is 3.03. The molecule has 5 aromatic rings. The molecule has 4 aliphatic carbocycles. The number of nitrogens with zero attached hydrogens (tertiary/aromatic N) is 2. The van der Waals surface area contributed by atoms with Crippen LogP contribution in [0.4, 0.5) is 0 Å². The second-order valence-electron chi connectivity index (χ2n) is 15.2. The van der Waals surface area contributed by atoms with Crippen molar-refractivity contribution in [2.24, 2.45) is 23.7 Å². The van der Waals surface area contributed by atoms with Crippen molar-refractivity contribution in [1.82, 2.24) is 9.97 Å². The highest BCUT2D eigenvalue weighted by molar-refractivity contribution is 7.19. The number of pyridine rings is 2. The second-order valence-corrected chi connectivity index (χ2v) is 21.6. The van der Waals surface area contributed by atoms with E-state index in [1.165, 1.54) is 59.8 Å². The third-order valence-electron chi connectivity index (χ3n) is 11.6. The summed E-state index contributed by atoms with van der Waals surface area (Å²) >= 11 is 0. The molecule has 44 heavy (non-hydrogen) atoms. The van der Waals surface area contributed by atoms with Gasteiger partial charge in [0.2, 0.25) is 0 Å². The van der Waals surface area contributed by atoms with Crippen LogP contribution in [0.1, 0.15) is 54.6 Å². The summed E-state index contributed by atoms with van der Waals surface area (Å²) in [5, 5.41) is 3.27. The minimum absolute atomic E-state index is 0.208. The maximum Gasteiger partial charge on any atom is 0.0936 e. The van der Waals surface area contributed by atoms with Crippen LogP contribution in [0.5, 0.6) is 0 Å². The van der Waals surface area contributed by atoms with Crippen LogP contribution >= 0.6 is 18.5 Å². The summed E-state index contributed by atoms with van der Waals surface area (Å²) < 4.78 is 0. The first-order chi connectivity index (χ1) is 21.2. The molecule has 2 heterocycles. The first-order valence-corrected chi connectivity index (χ1v) is 21.5. The number of hydrogen-bond donors (Lipinski definition) is 0. The number of hydrogen-bond acceptors (Lipinski definition) is 2. The van der Waals surface area contributed by atoms with Gasteiger partial charge in [-0.1, -0.05) is 91.6 Å². The molecule has 4 aliphatic rings. The summed E-state index contributed by atoms with van der Waals surface area (Å²) in [5.41, 5.74) is 7.40. The van der Waals surface area contributed by atoms with E-state index < -0.39 is 13.2 Å². The lowest BCUT2D eigenvalue weighted by atomic mass is 9.43. The van der Waals surface area contributed by atoms with Gasteiger partial charge in [0.25, 0.3) is 0 Å². The molecule has 3 aromatic carbocycles. The summed E-state index contributed by atoms with van der Waals surface area (Å²) in [5.74, 6) is 3.28. The van der Waals surface area contributed by atoms with Gasteiger partial charge in [0, 0.05) is 10.8 Å². The van der Waals surface area contributed by atoms with Gasteiger partial charge in [0.05, 0.1) is 35.7 Å². The molecule has 0 radical (unpaired) electrons. The zero-order valence-corrected chi connectivity index (χ0v) is 29.6. The van der Waals surface area contributed by atoms with Gasteiger partial charge < -0.3 is 0 Å². The van der Waals surface area contributed by atoms with Crippen molar-refractivity contribution in [3.63, 3.8) is 0 Å². The lowest BCUT2D eigenvalue weighted by molar-refractivity contribution is -0.0522. The van der Waals surface area contributed by atoms with E-state index in [-0.39, 0.29) is 5.41 Å². The van der Waals surface area contributed by atoms with E-state index in [4.69, 9.17) is 9.97 Å². The van der Waals surface area contributed by atoms with Gasteiger partial charge in [-0.15, -0.1) is 18.5 Å². The molecule has 0 aliphatic heterocycles. The molecule has 5 unspecified atom stereocenters. The highest BCUT2D eigenvalue weighted by Crippen LogP contribution is 2.65. The molecule has 224 valence electrons. The van der Waals surface area contributed by atoms with Crippen LogP contribution in [0.25, 0.3) is 21.8 Å². The van der Waals surface area contributed by atoms with Crippen LogP contribution < -0.4 is 5.19 Å². The lowest BCUT2D eigenvalue weighted by Crippen LogP contribution is -2.56. The third kappa shape index (κ3) is 4.48. The van der Waals surface area contributed by atoms with Crippen LogP contribution in [0.3, 0.4) is 0 Å². The lowest BCUT2D eigenvalue weighted by Gasteiger charge is -2.62. The van der Waals surface area contributed by atoms with Gasteiger partial charge in [-0.3, -0.25) is 9.97 Å². The first kappa shape index (κ1) is 29.0. The van der Waals surface area contributed by atoms with Crippen LogP contribution in [0.15, 0.2) is 91.0 Å². The molecule has 0 saturated heterocycles. The number of para-hydroxylation sites is 2. The fourth-order valence-electron chi connectivity index (χ4n) is 9.73. The van der Waals surface area contributed by atoms with Crippen molar-refractivity contribution in [3.8, 4) is 0 Å². The Labute approximate surface area is 268 Å². The van der Waals surface area contributed by atoms with Gasteiger partial charge in [-0.05, 0) is 103 Å². The summed E-state index contributed by atoms with van der Waals surface area (Å²) in [6, 6.07) is 33.8. The molecule has 2 nitrogen and oxygen atoms in total. The highest BCUT2D eigenvalue weighted by atomic mass is 31.0. The Morgan fingerprint density at radius 3 is 1.86 bits per heavy atom. The van der Waals surface area contributed by atoms with Gasteiger partial charge >= 0.3 is 0 Å². The number of rotatable bonds is 6. The highest BCUT2D eigenvalue weighted by Gasteiger charge is 2.58. The largest absolute Gasteiger partial charge is 0.251 e. The van der Waals surface area contributed by atoms with Gasteiger partial charge in [-0.25, -0.2) is 0 Å². The Bertz CT molecular complexity index is 1800. The SMILES string of the molecule is C[Si](C)(C)c1ccc(C23CC4CC(CC(C4)C2CP)C3)c(C(P)(c2ccc3ccccc3n2)c2ccc3ccccc3n2)c1. The van der Waals surface area contributed by atoms with Crippen molar-refractivity contribution in [2.45, 2.75) is 62.3 Å². The van der Waals surface area contributed by atoms with E-state index in [1.54, 1.807) is 5.56 Å². The van der Waals surface area contributed by atoms with Gasteiger partial charge in [-0.2, -0.15) is 0 Å². The van der Waals surface area contributed by atoms with Crippen LogP contribution in [-0.4, -0.2) is 24.2 Å².